The van der Waals surface area contributed by atoms with Gasteiger partial charge in [-0.25, -0.2) is 13.1 Å². The predicted molar refractivity (Wildman–Crippen MR) is 162 cm³/mol. The maximum atomic E-state index is 13.4. The van der Waals surface area contributed by atoms with Crippen LogP contribution in [0.15, 0.2) is 82.5 Å². The van der Waals surface area contributed by atoms with Crippen LogP contribution in [0.3, 0.4) is 0 Å². The molecule has 41 heavy (non-hydrogen) atoms. The molecule has 0 saturated carbocycles. The van der Waals surface area contributed by atoms with Crippen molar-refractivity contribution in [1.82, 2.24) is 14.3 Å². The number of amides is 1. The maximum Gasteiger partial charge on any atom is 0.296 e. The number of halogens is 2. The van der Waals surface area contributed by atoms with Crippen molar-refractivity contribution in [3.05, 3.63) is 110 Å². The normalized spacial score (nSPS) is 14.3. The van der Waals surface area contributed by atoms with Gasteiger partial charge in [-0.3, -0.25) is 19.0 Å². The molecule has 0 aliphatic carbocycles. The number of para-hydroxylation sites is 1. The van der Waals surface area contributed by atoms with Crippen LogP contribution in [-0.2, 0) is 23.5 Å². The Balaban J connectivity index is 1.30. The first kappa shape index (κ1) is 29.0. The number of anilines is 1. The molecule has 0 bridgehead atoms. The Morgan fingerprint density at radius 3 is 2.39 bits per heavy atom. The standard InChI is InChI=1S/C30H30Cl2N4O4S/c1-20-28(30(38)36(34(20)2)25-8-4-3-5-9-25)33-41(39,40)26-10-6-7-22(19-26)29(37)35-15-13-21(14-16-35)17-23-18-24(31)11-12-27(23)32/h3-12,18-19,21,33H,13-17H2,1-2H3. The third-order valence-corrected chi connectivity index (χ3v) is 9.55. The average molecular weight is 614 g/mol. The van der Waals surface area contributed by atoms with Gasteiger partial charge in [-0.1, -0.05) is 47.5 Å². The van der Waals surface area contributed by atoms with E-state index in [4.69, 9.17) is 23.2 Å². The topological polar surface area (TPSA) is 93.4 Å². The average Bonchev–Trinajstić information content (AvgIpc) is 3.18. The Kier molecular flexibility index (Phi) is 8.31. The van der Waals surface area contributed by atoms with E-state index in [2.05, 4.69) is 4.72 Å². The van der Waals surface area contributed by atoms with Gasteiger partial charge in [-0.2, -0.15) is 0 Å². The molecule has 8 nitrogen and oxygen atoms in total. The van der Waals surface area contributed by atoms with Crippen molar-refractivity contribution >= 4 is 44.8 Å². The molecule has 2 heterocycles. The van der Waals surface area contributed by atoms with Crippen LogP contribution in [0.1, 0.15) is 34.5 Å². The molecule has 1 aliphatic heterocycles. The van der Waals surface area contributed by atoms with Crippen molar-refractivity contribution in [1.29, 1.82) is 0 Å². The fourth-order valence-corrected chi connectivity index (χ4v) is 6.76. The van der Waals surface area contributed by atoms with Crippen LogP contribution >= 0.6 is 23.2 Å². The third kappa shape index (κ3) is 6.07. The number of hydrogen-bond acceptors (Lipinski definition) is 4. The summed E-state index contributed by atoms with van der Waals surface area (Å²) in [4.78, 5) is 28.2. The number of carbonyl (C=O) groups excluding carboxylic acids is 1. The Bertz CT molecular complexity index is 1760. The van der Waals surface area contributed by atoms with Gasteiger partial charge in [0.1, 0.15) is 5.69 Å². The summed E-state index contributed by atoms with van der Waals surface area (Å²) < 4.78 is 32.2. The number of rotatable bonds is 7. The van der Waals surface area contributed by atoms with Crippen molar-refractivity contribution in [2.45, 2.75) is 31.1 Å². The lowest BCUT2D eigenvalue weighted by molar-refractivity contribution is 0.0690. The molecule has 0 atom stereocenters. The van der Waals surface area contributed by atoms with E-state index < -0.39 is 15.6 Å². The number of carbonyl (C=O) groups is 1. The number of hydrogen-bond donors (Lipinski definition) is 1. The van der Waals surface area contributed by atoms with Gasteiger partial charge in [0.05, 0.1) is 16.3 Å². The molecule has 11 heteroatoms. The molecule has 1 aliphatic rings. The smallest absolute Gasteiger partial charge is 0.296 e. The summed E-state index contributed by atoms with van der Waals surface area (Å²) in [6, 6.07) is 20.3. The van der Waals surface area contributed by atoms with E-state index in [0.717, 1.165) is 24.8 Å². The van der Waals surface area contributed by atoms with E-state index in [9.17, 15) is 18.0 Å². The molecule has 1 amide bonds. The second-order valence-electron chi connectivity index (χ2n) is 10.2. The summed E-state index contributed by atoms with van der Waals surface area (Å²) in [7, 11) is -2.46. The second kappa shape index (κ2) is 11.8. The fraction of sp³-hybridized carbons (Fsp3) is 0.267. The van der Waals surface area contributed by atoms with E-state index in [-0.39, 0.29) is 22.1 Å². The molecule has 5 rings (SSSR count). The number of nitrogens with one attached hydrogen (secondary N) is 1. The summed E-state index contributed by atoms with van der Waals surface area (Å²) in [5, 5.41) is 1.33. The molecule has 1 saturated heterocycles. The molecular formula is C30H30Cl2N4O4S. The minimum atomic E-state index is -4.15. The molecule has 4 aromatic rings. The zero-order valence-corrected chi connectivity index (χ0v) is 25.0. The van der Waals surface area contributed by atoms with Gasteiger partial charge in [-0.05, 0) is 86.2 Å². The molecular weight excluding hydrogens is 583 g/mol. The Hall–Kier alpha value is -3.53. The van der Waals surface area contributed by atoms with Crippen LogP contribution in [0.2, 0.25) is 10.0 Å². The van der Waals surface area contributed by atoms with Gasteiger partial charge in [0.15, 0.2) is 0 Å². The number of sulfonamides is 1. The van der Waals surface area contributed by atoms with E-state index in [1.807, 2.05) is 12.1 Å². The number of likely N-dealkylation sites (tertiary alicyclic amines) is 1. The third-order valence-electron chi connectivity index (χ3n) is 7.60. The highest BCUT2D eigenvalue weighted by atomic mass is 35.5. The highest BCUT2D eigenvalue weighted by Crippen LogP contribution is 2.28. The van der Waals surface area contributed by atoms with Crippen LogP contribution in [-0.4, -0.2) is 41.7 Å². The lowest BCUT2D eigenvalue weighted by atomic mass is 9.90. The lowest BCUT2D eigenvalue weighted by Gasteiger charge is -2.32. The molecule has 3 aromatic carbocycles. The first-order valence-corrected chi connectivity index (χ1v) is 15.5. The number of benzene rings is 3. The van der Waals surface area contributed by atoms with Gasteiger partial charge < -0.3 is 4.90 Å². The summed E-state index contributed by atoms with van der Waals surface area (Å²) in [5.74, 6) is 0.128. The zero-order chi connectivity index (χ0) is 29.3. The number of piperidine rings is 1. The largest absolute Gasteiger partial charge is 0.339 e. The minimum Gasteiger partial charge on any atom is -0.339 e. The number of nitrogens with zero attached hydrogens (tertiary/aromatic N) is 3. The first-order valence-electron chi connectivity index (χ1n) is 13.3. The zero-order valence-electron chi connectivity index (χ0n) is 22.7. The van der Waals surface area contributed by atoms with Crippen LogP contribution in [0.25, 0.3) is 5.69 Å². The minimum absolute atomic E-state index is 0.0463. The van der Waals surface area contributed by atoms with Gasteiger partial charge in [-0.15, -0.1) is 0 Å². The summed E-state index contributed by atoms with van der Waals surface area (Å²) in [6.07, 6.45) is 2.38. The monoisotopic (exact) mass is 612 g/mol. The molecule has 214 valence electrons. The molecule has 1 N–H and O–H groups in total. The Morgan fingerprint density at radius 1 is 0.976 bits per heavy atom. The second-order valence-corrected chi connectivity index (χ2v) is 12.8. The quantitative estimate of drug-likeness (QED) is 0.290. The van der Waals surface area contributed by atoms with Crippen LogP contribution < -0.4 is 10.3 Å². The van der Waals surface area contributed by atoms with E-state index >= 15 is 0 Å². The highest BCUT2D eigenvalue weighted by molar-refractivity contribution is 7.92. The summed E-state index contributed by atoms with van der Waals surface area (Å²) >= 11 is 12.5. The molecule has 0 unspecified atom stereocenters. The number of aromatic nitrogens is 2. The molecule has 1 aromatic heterocycles. The summed E-state index contributed by atoms with van der Waals surface area (Å²) in [6.45, 7) is 2.78. The molecule has 0 spiro atoms. The summed E-state index contributed by atoms with van der Waals surface area (Å²) in [5.41, 5.74) is 1.80. The Morgan fingerprint density at radius 2 is 1.68 bits per heavy atom. The first-order chi connectivity index (χ1) is 19.5. The van der Waals surface area contributed by atoms with Crippen LogP contribution in [0, 0.1) is 12.8 Å². The van der Waals surface area contributed by atoms with Gasteiger partial charge in [0.2, 0.25) is 0 Å². The maximum absolute atomic E-state index is 13.4. The van der Waals surface area contributed by atoms with E-state index in [1.165, 1.54) is 22.9 Å². The Labute approximate surface area is 249 Å². The fourth-order valence-electron chi connectivity index (χ4n) is 5.21. The molecule has 0 radical (unpaired) electrons. The lowest BCUT2D eigenvalue weighted by Crippen LogP contribution is -2.39. The van der Waals surface area contributed by atoms with Crippen molar-refractivity contribution < 1.29 is 13.2 Å². The van der Waals surface area contributed by atoms with Crippen LogP contribution in [0.4, 0.5) is 5.69 Å². The van der Waals surface area contributed by atoms with Crippen molar-refractivity contribution in [3.63, 3.8) is 0 Å². The van der Waals surface area contributed by atoms with E-state index in [1.54, 1.807) is 66.0 Å². The van der Waals surface area contributed by atoms with Crippen molar-refractivity contribution in [2.75, 3.05) is 17.8 Å². The van der Waals surface area contributed by atoms with Crippen molar-refractivity contribution in [3.8, 4) is 5.69 Å². The van der Waals surface area contributed by atoms with Gasteiger partial charge >= 0.3 is 0 Å². The van der Waals surface area contributed by atoms with Gasteiger partial charge in [0, 0.05) is 35.7 Å². The van der Waals surface area contributed by atoms with Crippen LogP contribution in [0.5, 0.6) is 0 Å². The molecule has 1 fully saturated rings. The van der Waals surface area contributed by atoms with E-state index in [0.29, 0.717) is 40.4 Å². The van der Waals surface area contributed by atoms with Crippen molar-refractivity contribution in [2.24, 2.45) is 13.0 Å². The predicted octanol–water partition coefficient (Wildman–Crippen LogP) is 5.69. The SMILES string of the molecule is Cc1c(NS(=O)(=O)c2cccc(C(=O)N3CCC(Cc4cc(Cl)ccc4Cl)CC3)c2)c(=O)n(-c2ccccc2)n1C. The van der Waals surface area contributed by atoms with Gasteiger partial charge in [0.25, 0.3) is 21.5 Å². The highest BCUT2D eigenvalue weighted by Gasteiger charge is 2.27.